The van der Waals surface area contributed by atoms with Crippen LogP contribution in [-0.4, -0.2) is 38.0 Å². The van der Waals surface area contributed by atoms with E-state index in [1.807, 2.05) is 0 Å². The van der Waals surface area contributed by atoms with Crippen LogP contribution in [0.4, 0.5) is 0 Å². The van der Waals surface area contributed by atoms with E-state index in [4.69, 9.17) is 0 Å². The quantitative estimate of drug-likeness (QED) is 0.665. The second-order valence-corrected chi connectivity index (χ2v) is 4.53. The van der Waals surface area contributed by atoms with Crippen LogP contribution >= 0.6 is 12.4 Å². The Balaban J connectivity index is 0.00000289. The van der Waals surface area contributed by atoms with E-state index < -0.39 is 0 Å². The van der Waals surface area contributed by atoms with Gasteiger partial charge in [0.25, 0.3) is 0 Å². The van der Waals surface area contributed by atoms with Crippen LogP contribution in [0, 0.1) is 0 Å². The van der Waals surface area contributed by atoms with Crippen LogP contribution in [0.3, 0.4) is 0 Å². The number of rotatable bonds is 6. The minimum absolute atomic E-state index is 0. The first-order chi connectivity index (χ1) is 8.22. The number of carbonyl (C=O) groups is 2. The SMILES string of the molecule is CNCC(=O)NCCC(=O)NC1CCCCC1.Cl. The Morgan fingerprint density at radius 1 is 1.11 bits per heavy atom. The number of hydrogen-bond acceptors (Lipinski definition) is 3. The topological polar surface area (TPSA) is 70.2 Å². The molecule has 1 aliphatic carbocycles. The van der Waals surface area contributed by atoms with E-state index in [1.54, 1.807) is 7.05 Å². The molecule has 0 aromatic carbocycles. The van der Waals surface area contributed by atoms with E-state index in [-0.39, 0.29) is 24.2 Å². The van der Waals surface area contributed by atoms with Crippen molar-refractivity contribution in [2.75, 3.05) is 20.1 Å². The lowest BCUT2D eigenvalue weighted by Crippen LogP contribution is -2.39. The van der Waals surface area contributed by atoms with E-state index in [0.29, 0.717) is 25.6 Å². The zero-order chi connectivity index (χ0) is 12.5. The number of amides is 2. The van der Waals surface area contributed by atoms with Crippen LogP contribution in [0.1, 0.15) is 38.5 Å². The molecule has 0 heterocycles. The third-order valence-corrected chi connectivity index (χ3v) is 2.98. The molecular weight excluding hydrogens is 254 g/mol. The molecule has 0 bridgehead atoms. The molecular formula is C12H24ClN3O2. The summed E-state index contributed by atoms with van der Waals surface area (Å²) in [5.41, 5.74) is 0. The summed E-state index contributed by atoms with van der Waals surface area (Å²) >= 11 is 0. The number of halogens is 1. The van der Waals surface area contributed by atoms with Crippen LogP contribution in [-0.2, 0) is 9.59 Å². The van der Waals surface area contributed by atoms with Gasteiger partial charge in [-0.1, -0.05) is 19.3 Å². The zero-order valence-electron chi connectivity index (χ0n) is 11.0. The molecule has 1 saturated carbocycles. The van der Waals surface area contributed by atoms with Gasteiger partial charge in [0, 0.05) is 19.0 Å². The van der Waals surface area contributed by atoms with E-state index in [1.165, 1.54) is 19.3 Å². The smallest absolute Gasteiger partial charge is 0.233 e. The van der Waals surface area contributed by atoms with Gasteiger partial charge in [0.1, 0.15) is 0 Å². The van der Waals surface area contributed by atoms with Crippen molar-refractivity contribution in [1.82, 2.24) is 16.0 Å². The second kappa shape index (κ2) is 10.1. The highest BCUT2D eigenvalue weighted by molar-refractivity contribution is 5.85. The van der Waals surface area contributed by atoms with Crippen molar-refractivity contribution in [3.63, 3.8) is 0 Å². The first kappa shape index (κ1) is 17.2. The minimum Gasteiger partial charge on any atom is -0.354 e. The molecule has 0 spiro atoms. The predicted octanol–water partition coefficient (Wildman–Crippen LogP) is 0.583. The van der Waals surface area contributed by atoms with Crippen LogP contribution in [0.2, 0.25) is 0 Å². The largest absolute Gasteiger partial charge is 0.354 e. The fourth-order valence-electron chi connectivity index (χ4n) is 2.09. The summed E-state index contributed by atoms with van der Waals surface area (Å²) in [6.07, 6.45) is 6.27. The maximum Gasteiger partial charge on any atom is 0.233 e. The third-order valence-electron chi connectivity index (χ3n) is 2.98. The van der Waals surface area contributed by atoms with E-state index in [9.17, 15) is 9.59 Å². The van der Waals surface area contributed by atoms with Crippen molar-refractivity contribution in [3.05, 3.63) is 0 Å². The Morgan fingerprint density at radius 2 is 1.78 bits per heavy atom. The number of likely N-dealkylation sites (N-methyl/N-ethyl adjacent to an activating group) is 1. The zero-order valence-corrected chi connectivity index (χ0v) is 11.8. The molecule has 0 aromatic rings. The molecule has 1 aliphatic rings. The Labute approximate surface area is 115 Å². The van der Waals surface area contributed by atoms with Gasteiger partial charge in [-0.3, -0.25) is 9.59 Å². The van der Waals surface area contributed by atoms with Crippen LogP contribution < -0.4 is 16.0 Å². The third kappa shape index (κ3) is 7.50. The molecule has 0 aliphatic heterocycles. The number of nitrogens with one attached hydrogen (secondary N) is 3. The maximum absolute atomic E-state index is 11.6. The summed E-state index contributed by atoms with van der Waals surface area (Å²) in [6, 6.07) is 0.351. The van der Waals surface area contributed by atoms with Gasteiger partial charge in [-0.25, -0.2) is 0 Å². The maximum atomic E-state index is 11.6. The Kier molecular flexibility index (Phi) is 9.69. The van der Waals surface area contributed by atoms with Gasteiger partial charge in [-0.05, 0) is 19.9 Å². The molecule has 0 unspecified atom stereocenters. The normalized spacial score (nSPS) is 15.6. The fraction of sp³-hybridized carbons (Fsp3) is 0.833. The van der Waals surface area contributed by atoms with Gasteiger partial charge >= 0.3 is 0 Å². The summed E-state index contributed by atoms with van der Waals surface area (Å²) in [5, 5.41) is 8.47. The molecule has 1 fully saturated rings. The Hall–Kier alpha value is -0.810. The highest BCUT2D eigenvalue weighted by Crippen LogP contribution is 2.17. The van der Waals surface area contributed by atoms with Gasteiger partial charge in [-0.2, -0.15) is 0 Å². The summed E-state index contributed by atoms with van der Waals surface area (Å²) in [6.45, 7) is 0.712. The first-order valence-electron chi connectivity index (χ1n) is 6.43. The lowest BCUT2D eigenvalue weighted by atomic mass is 9.95. The average molecular weight is 278 g/mol. The van der Waals surface area contributed by atoms with Crippen molar-refractivity contribution in [2.24, 2.45) is 0 Å². The van der Waals surface area contributed by atoms with E-state index >= 15 is 0 Å². The van der Waals surface area contributed by atoms with Crippen LogP contribution in [0.25, 0.3) is 0 Å². The second-order valence-electron chi connectivity index (χ2n) is 4.53. The van der Waals surface area contributed by atoms with Gasteiger partial charge in [0.05, 0.1) is 6.54 Å². The number of carbonyl (C=O) groups excluding carboxylic acids is 2. The van der Waals surface area contributed by atoms with Crippen LogP contribution in [0.15, 0.2) is 0 Å². The van der Waals surface area contributed by atoms with Crippen molar-refractivity contribution in [1.29, 1.82) is 0 Å². The molecule has 6 heteroatoms. The lowest BCUT2D eigenvalue weighted by molar-refractivity contribution is -0.122. The van der Waals surface area contributed by atoms with Crippen LogP contribution in [0.5, 0.6) is 0 Å². The Morgan fingerprint density at radius 3 is 2.39 bits per heavy atom. The molecule has 3 N–H and O–H groups in total. The monoisotopic (exact) mass is 277 g/mol. The molecule has 0 atom stereocenters. The molecule has 0 aromatic heterocycles. The van der Waals surface area contributed by atoms with Gasteiger partial charge < -0.3 is 16.0 Å². The molecule has 2 amide bonds. The minimum atomic E-state index is -0.0713. The van der Waals surface area contributed by atoms with Gasteiger partial charge in [0.2, 0.25) is 11.8 Å². The molecule has 5 nitrogen and oxygen atoms in total. The molecule has 106 valence electrons. The van der Waals surface area contributed by atoms with Crippen molar-refractivity contribution >= 4 is 24.2 Å². The van der Waals surface area contributed by atoms with Crippen molar-refractivity contribution < 1.29 is 9.59 Å². The summed E-state index contributed by atoms with van der Waals surface area (Å²) in [4.78, 5) is 22.7. The van der Waals surface area contributed by atoms with E-state index in [2.05, 4.69) is 16.0 Å². The van der Waals surface area contributed by atoms with Gasteiger partial charge in [-0.15, -0.1) is 12.4 Å². The highest BCUT2D eigenvalue weighted by atomic mass is 35.5. The molecule has 1 rings (SSSR count). The average Bonchev–Trinajstić information content (AvgIpc) is 2.30. The fourth-order valence-corrected chi connectivity index (χ4v) is 2.09. The molecule has 0 radical (unpaired) electrons. The summed E-state index contributed by atoms with van der Waals surface area (Å²) in [5.74, 6) is -0.0281. The molecule has 18 heavy (non-hydrogen) atoms. The lowest BCUT2D eigenvalue weighted by Gasteiger charge is -2.22. The molecule has 0 saturated heterocycles. The summed E-state index contributed by atoms with van der Waals surface area (Å²) in [7, 11) is 1.72. The standard InChI is InChI=1S/C12H23N3O2.ClH/c1-13-9-12(17)14-8-7-11(16)15-10-5-3-2-4-6-10;/h10,13H,2-9H2,1H3,(H,14,17)(H,15,16);1H. The van der Waals surface area contributed by atoms with Crippen molar-refractivity contribution in [2.45, 2.75) is 44.6 Å². The predicted molar refractivity (Wildman–Crippen MR) is 73.8 cm³/mol. The first-order valence-corrected chi connectivity index (χ1v) is 6.43. The van der Waals surface area contributed by atoms with E-state index in [0.717, 1.165) is 12.8 Å². The Bertz CT molecular complexity index is 256. The number of hydrogen-bond donors (Lipinski definition) is 3. The highest BCUT2D eigenvalue weighted by Gasteiger charge is 2.15. The summed E-state index contributed by atoms with van der Waals surface area (Å²) < 4.78 is 0. The van der Waals surface area contributed by atoms with Crippen molar-refractivity contribution in [3.8, 4) is 0 Å². The van der Waals surface area contributed by atoms with Gasteiger partial charge in [0.15, 0.2) is 0 Å².